The normalized spacial score (nSPS) is 20.5. The summed E-state index contributed by atoms with van der Waals surface area (Å²) in [6, 6.07) is 5.33. The average Bonchev–Trinajstić information content (AvgIpc) is 2.59. The highest BCUT2D eigenvalue weighted by Crippen LogP contribution is 2.26. The van der Waals surface area contributed by atoms with Gasteiger partial charge in [0.2, 0.25) is 0 Å². The zero-order valence-electron chi connectivity index (χ0n) is 8.34. The van der Waals surface area contributed by atoms with Crippen molar-refractivity contribution in [3.63, 3.8) is 0 Å². The minimum Gasteiger partial charge on any atom is -0.324 e. The van der Waals surface area contributed by atoms with E-state index in [9.17, 15) is 4.39 Å². The van der Waals surface area contributed by atoms with Crippen LogP contribution in [-0.2, 0) is 6.42 Å². The van der Waals surface area contributed by atoms with Crippen LogP contribution in [0.15, 0.2) is 34.3 Å². The van der Waals surface area contributed by atoms with Crippen LogP contribution in [0.25, 0.3) is 0 Å². The van der Waals surface area contributed by atoms with Crippen molar-refractivity contribution < 1.29 is 4.39 Å². The Morgan fingerprint density at radius 2 is 2.27 bits per heavy atom. The lowest BCUT2D eigenvalue weighted by Crippen LogP contribution is -2.11. The van der Waals surface area contributed by atoms with Gasteiger partial charge in [0, 0.05) is 6.04 Å². The molecule has 1 aliphatic rings. The molecule has 1 atom stereocenters. The molecule has 15 heavy (non-hydrogen) atoms. The first-order chi connectivity index (χ1) is 7.16. The second-order valence-corrected chi connectivity index (χ2v) is 4.71. The van der Waals surface area contributed by atoms with Gasteiger partial charge in [-0.05, 0) is 46.8 Å². The summed E-state index contributed by atoms with van der Waals surface area (Å²) in [5.74, 6) is -0.199. The third-order valence-corrected chi connectivity index (χ3v) is 3.59. The predicted octanol–water partition coefficient (Wildman–Crippen LogP) is 3.18. The number of hydrogen-bond acceptors (Lipinski definition) is 1. The molecule has 1 nitrogen and oxygen atoms in total. The molecule has 2 rings (SSSR count). The fraction of sp³-hybridized carbons (Fsp3) is 0.333. The number of hydrogen-bond donors (Lipinski definition) is 1. The van der Waals surface area contributed by atoms with Gasteiger partial charge in [0.1, 0.15) is 5.82 Å². The molecule has 0 fully saturated rings. The molecule has 1 aromatic rings. The van der Waals surface area contributed by atoms with E-state index in [0.717, 1.165) is 24.8 Å². The van der Waals surface area contributed by atoms with Gasteiger partial charge in [-0.3, -0.25) is 0 Å². The van der Waals surface area contributed by atoms with Gasteiger partial charge in [-0.2, -0.15) is 0 Å². The summed E-state index contributed by atoms with van der Waals surface area (Å²) >= 11 is 3.27. The minimum absolute atomic E-state index is 0.187. The Hall–Kier alpha value is -0.670. The van der Waals surface area contributed by atoms with Crippen LogP contribution in [-0.4, -0.2) is 6.04 Å². The molecule has 0 aromatic heterocycles. The first-order valence-corrected chi connectivity index (χ1v) is 5.84. The summed E-state index contributed by atoms with van der Waals surface area (Å²) in [7, 11) is 0. The molecule has 0 saturated heterocycles. The minimum atomic E-state index is -0.199. The van der Waals surface area contributed by atoms with Gasteiger partial charge < -0.3 is 5.73 Å². The van der Waals surface area contributed by atoms with Crippen LogP contribution in [0.1, 0.15) is 18.4 Å². The van der Waals surface area contributed by atoms with E-state index < -0.39 is 0 Å². The Morgan fingerprint density at radius 3 is 2.93 bits per heavy atom. The average molecular weight is 270 g/mol. The van der Waals surface area contributed by atoms with Gasteiger partial charge in [0.25, 0.3) is 0 Å². The maximum absolute atomic E-state index is 13.2. The number of halogens is 2. The van der Waals surface area contributed by atoms with Crippen LogP contribution >= 0.6 is 15.9 Å². The van der Waals surface area contributed by atoms with Gasteiger partial charge in [-0.25, -0.2) is 4.39 Å². The highest BCUT2D eigenvalue weighted by molar-refractivity contribution is 9.10. The predicted molar refractivity (Wildman–Crippen MR) is 63.1 cm³/mol. The summed E-state index contributed by atoms with van der Waals surface area (Å²) in [4.78, 5) is 0. The first-order valence-electron chi connectivity index (χ1n) is 5.05. The third-order valence-electron chi connectivity index (χ3n) is 2.70. The second kappa shape index (κ2) is 4.45. The molecule has 0 radical (unpaired) electrons. The fourth-order valence-electron chi connectivity index (χ4n) is 1.90. The summed E-state index contributed by atoms with van der Waals surface area (Å²) in [6.07, 6.45) is 4.94. The van der Waals surface area contributed by atoms with Gasteiger partial charge >= 0.3 is 0 Å². The van der Waals surface area contributed by atoms with Gasteiger partial charge in [-0.15, -0.1) is 0 Å². The topological polar surface area (TPSA) is 26.0 Å². The van der Waals surface area contributed by atoms with E-state index >= 15 is 0 Å². The van der Waals surface area contributed by atoms with Gasteiger partial charge in [0.05, 0.1) is 4.47 Å². The zero-order valence-corrected chi connectivity index (χ0v) is 9.93. The van der Waals surface area contributed by atoms with E-state index in [1.807, 2.05) is 6.07 Å². The van der Waals surface area contributed by atoms with E-state index in [1.54, 1.807) is 6.07 Å². The first kappa shape index (κ1) is 10.8. The third kappa shape index (κ3) is 2.47. The van der Waals surface area contributed by atoms with E-state index in [-0.39, 0.29) is 11.9 Å². The molecule has 0 amide bonds. The lowest BCUT2D eigenvalue weighted by atomic mass is 10.0. The van der Waals surface area contributed by atoms with E-state index in [2.05, 4.69) is 22.0 Å². The van der Waals surface area contributed by atoms with Gasteiger partial charge in [-0.1, -0.05) is 23.8 Å². The largest absolute Gasteiger partial charge is 0.324 e. The van der Waals surface area contributed by atoms with Crippen molar-refractivity contribution in [3.05, 3.63) is 45.7 Å². The van der Waals surface area contributed by atoms with Crippen LogP contribution in [0.4, 0.5) is 4.39 Å². The molecular weight excluding hydrogens is 257 g/mol. The Bertz CT molecular complexity index is 401. The molecule has 0 bridgehead atoms. The Labute approximate surface area is 97.3 Å². The Kier molecular flexibility index (Phi) is 3.22. The molecule has 1 aromatic carbocycles. The van der Waals surface area contributed by atoms with Crippen molar-refractivity contribution >= 4 is 15.9 Å². The van der Waals surface area contributed by atoms with Crippen molar-refractivity contribution in [2.24, 2.45) is 5.73 Å². The molecule has 1 aliphatic carbocycles. The Balaban J connectivity index is 2.18. The smallest absolute Gasteiger partial charge is 0.137 e. The van der Waals surface area contributed by atoms with Crippen LogP contribution in [0.3, 0.4) is 0 Å². The highest BCUT2D eigenvalue weighted by Gasteiger charge is 2.14. The standard InChI is InChI=1S/C12H13BrFN/c13-12-9(2-1-3-11(12)14)6-8-4-5-10(15)7-8/h1-3,7,10H,4-6,15H2. The van der Waals surface area contributed by atoms with Crippen molar-refractivity contribution in [2.75, 3.05) is 0 Å². The maximum atomic E-state index is 13.2. The van der Waals surface area contributed by atoms with Crippen LogP contribution < -0.4 is 5.73 Å². The molecule has 0 aliphatic heterocycles. The van der Waals surface area contributed by atoms with Crippen molar-refractivity contribution in [1.29, 1.82) is 0 Å². The number of allylic oxidation sites excluding steroid dienone is 1. The Morgan fingerprint density at radius 1 is 1.47 bits per heavy atom. The number of benzene rings is 1. The monoisotopic (exact) mass is 269 g/mol. The van der Waals surface area contributed by atoms with Gasteiger partial charge in [0.15, 0.2) is 0 Å². The van der Waals surface area contributed by atoms with Crippen molar-refractivity contribution in [1.82, 2.24) is 0 Å². The van der Waals surface area contributed by atoms with E-state index in [0.29, 0.717) is 4.47 Å². The van der Waals surface area contributed by atoms with Crippen LogP contribution in [0, 0.1) is 5.82 Å². The molecule has 80 valence electrons. The molecule has 1 unspecified atom stereocenters. The summed E-state index contributed by atoms with van der Waals surface area (Å²) in [5, 5.41) is 0. The van der Waals surface area contributed by atoms with Crippen LogP contribution in [0.2, 0.25) is 0 Å². The molecule has 0 saturated carbocycles. The van der Waals surface area contributed by atoms with E-state index in [1.165, 1.54) is 11.6 Å². The maximum Gasteiger partial charge on any atom is 0.137 e. The van der Waals surface area contributed by atoms with E-state index in [4.69, 9.17) is 5.73 Å². The summed E-state index contributed by atoms with van der Waals surface area (Å²) in [6.45, 7) is 0. The van der Waals surface area contributed by atoms with Crippen molar-refractivity contribution in [2.45, 2.75) is 25.3 Å². The van der Waals surface area contributed by atoms with Crippen molar-refractivity contribution in [3.8, 4) is 0 Å². The quantitative estimate of drug-likeness (QED) is 0.821. The molecule has 0 spiro atoms. The lowest BCUT2D eigenvalue weighted by molar-refractivity contribution is 0.618. The number of rotatable bonds is 2. The zero-order chi connectivity index (χ0) is 10.8. The fourth-order valence-corrected chi connectivity index (χ4v) is 2.30. The highest BCUT2D eigenvalue weighted by atomic mass is 79.9. The molecule has 0 heterocycles. The summed E-state index contributed by atoms with van der Waals surface area (Å²) in [5.41, 5.74) is 8.09. The number of nitrogens with two attached hydrogens (primary N) is 1. The SMILES string of the molecule is NC1C=C(Cc2cccc(F)c2Br)CC1. The molecular formula is C12H13BrFN. The molecule has 2 N–H and O–H groups in total. The van der Waals surface area contributed by atoms with Crippen LogP contribution in [0.5, 0.6) is 0 Å². The lowest BCUT2D eigenvalue weighted by Gasteiger charge is -2.05. The molecule has 3 heteroatoms. The summed E-state index contributed by atoms with van der Waals surface area (Å²) < 4.78 is 13.8. The second-order valence-electron chi connectivity index (χ2n) is 3.92.